The molecule has 0 radical (unpaired) electrons. The summed E-state index contributed by atoms with van der Waals surface area (Å²) >= 11 is 0. The van der Waals surface area contributed by atoms with Crippen LogP contribution in [0.5, 0.6) is 0 Å². The van der Waals surface area contributed by atoms with Gasteiger partial charge in [-0.1, -0.05) is 5.16 Å². The van der Waals surface area contributed by atoms with Crippen molar-refractivity contribution in [3.05, 3.63) is 12.7 Å². The Hall–Kier alpha value is -2.30. The molecule has 3 rings (SSSR count). The van der Waals surface area contributed by atoms with E-state index < -0.39 is 24.5 Å². The molecule has 10 nitrogen and oxygen atoms in total. The molecule has 1 aliphatic rings. The second-order valence-electron chi connectivity index (χ2n) is 4.73. The standard InChI is InChI=1S/C12H16N6O4/c1-2-21-17-3-6-8(19)9(20)12(22-6)18-5-16-7-10(13)14-4-15-11(7)18/h3-6,8-9,12,19-20H,2H2,1H3,(H2,13,14,15)/b17-3-. The van der Waals surface area contributed by atoms with Gasteiger partial charge in [0.05, 0.1) is 12.5 Å². The van der Waals surface area contributed by atoms with Gasteiger partial charge < -0.3 is 25.5 Å². The van der Waals surface area contributed by atoms with E-state index >= 15 is 0 Å². The number of oxime groups is 1. The highest BCUT2D eigenvalue weighted by atomic mass is 16.6. The van der Waals surface area contributed by atoms with Crippen LogP contribution in [0.1, 0.15) is 13.2 Å². The Morgan fingerprint density at radius 2 is 2.23 bits per heavy atom. The fourth-order valence-corrected chi connectivity index (χ4v) is 2.27. The summed E-state index contributed by atoms with van der Waals surface area (Å²) < 4.78 is 7.11. The SMILES string of the molecule is CCO/N=C\C1OC(n2cnc3c(N)ncnc32)C(O)C1O. The van der Waals surface area contributed by atoms with Crippen molar-refractivity contribution in [3.63, 3.8) is 0 Å². The lowest BCUT2D eigenvalue weighted by atomic mass is 10.1. The van der Waals surface area contributed by atoms with Gasteiger partial charge >= 0.3 is 0 Å². The molecule has 0 aliphatic carbocycles. The van der Waals surface area contributed by atoms with Crippen molar-refractivity contribution >= 4 is 23.2 Å². The second kappa shape index (κ2) is 5.83. The van der Waals surface area contributed by atoms with E-state index in [0.29, 0.717) is 17.8 Å². The number of hydrogen-bond acceptors (Lipinski definition) is 9. The average molecular weight is 308 g/mol. The van der Waals surface area contributed by atoms with Gasteiger partial charge in [-0.15, -0.1) is 0 Å². The molecule has 1 aliphatic heterocycles. The van der Waals surface area contributed by atoms with Crippen LogP contribution in [-0.2, 0) is 9.57 Å². The van der Waals surface area contributed by atoms with Gasteiger partial charge in [0.15, 0.2) is 17.7 Å². The monoisotopic (exact) mass is 308 g/mol. The van der Waals surface area contributed by atoms with E-state index in [9.17, 15) is 10.2 Å². The van der Waals surface area contributed by atoms with Crippen LogP contribution in [0.2, 0.25) is 0 Å². The molecule has 4 N–H and O–H groups in total. The van der Waals surface area contributed by atoms with Gasteiger partial charge in [-0.25, -0.2) is 15.0 Å². The molecule has 0 amide bonds. The first-order valence-corrected chi connectivity index (χ1v) is 6.73. The summed E-state index contributed by atoms with van der Waals surface area (Å²) in [5, 5.41) is 23.9. The van der Waals surface area contributed by atoms with Gasteiger partial charge in [-0.2, -0.15) is 0 Å². The van der Waals surface area contributed by atoms with Gasteiger partial charge in [0.2, 0.25) is 0 Å². The minimum atomic E-state index is -1.17. The Kier molecular flexibility index (Phi) is 3.88. The summed E-state index contributed by atoms with van der Waals surface area (Å²) in [4.78, 5) is 16.9. The quantitative estimate of drug-likeness (QED) is 0.485. The predicted octanol–water partition coefficient (Wildman–Crippen LogP) is -0.950. The van der Waals surface area contributed by atoms with Crippen LogP contribution in [0.4, 0.5) is 5.82 Å². The van der Waals surface area contributed by atoms with Crippen LogP contribution in [0, 0.1) is 0 Å². The third kappa shape index (κ3) is 2.36. The Labute approximate surface area is 125 Å². The lowest BCUT2D eigenvalue weighted by Gasteiger charge is -2.16. The average Bonchev–Trinajstić information content (AvgIpc) is 3.05. The molecular weight excluding hydrogens is 292 g/mol. The van der Waals surface area contributed by atoms with E-state index in [0.717, 1.165) is 0 Å². The van der Waals surface area contributed by atoms with E-state index in [1.165, 1.54) is 23.4 Å². The number of imidazole rings is 1. The number of rotatable bonds is 4. The summed E-state index contributed by atoms with van der Waals surface area (Å²) in [6.45, 7) is 2.18. The third-order valence-electron chi connectivity index (χ3n) is 3.35. The lowest BCUT2D eigenvalue weighted by molar-refractivity contribution is -0.0216. The topological polar surface area (TPSA) is 141 Å². The number of ether oxygens (including phenoxy) is 1. The van der Waals surface area contributed by atoms with E-state index in [2.05, 4.69) is 20.1 Å². The summed E-state index contributed by atoms with van der Waals surface area (Å²) in [5.41, 5.74) is 6.53. The molecular formula is C12H16N6O4. The predicted molar refractivity (Wildman–Crippen MR) is 75.8 cm³/mol. The number of aliphatic hydroxyl groups excluding tert-OH is 2. The van der Waals surface area contributed by atoms with Crippen molar-refractivity contribution in [1.29, 1.82) is 0 Å². The van der Waals surface area contributed by atoms with Gasteiger partial charge in [-0.3, -0.25) is 4.57 Å². The molecule has 2 aromatic heterocycles. The molecule has 1 saturated heterocycles. The van der Waals surface area contributed by atoms with Gasteiger partial charge in [0, 0.05) is 0 Å². The zero-order valence-electron chi connectivity index (χ0n) is 11.8. The zero-order valence-corrected chi connectivity index (χ0v) is 11.8. The summed E-state index contributed by atoms with van der Waals surface area (Å²) in [6.07, 6.45) is 0.0351. The Bertz CT molecular complexity index is 689. The van der Waals surface area contributed by atoms with Gasteiger partial charge in [-0.05, 0) is 6.92 Å². The minimum Gasteiger partial charge on any atom is -0.396 e. The number of aliphatic hydroxyl groups is 2. The fourth-order valence-electron chi connectivity index (χ4n) is 2.27. The summed E-state index contributed by atoms with van der Waals surface area (Å²) in [6, 6.07) is 0. The summed E-state index contributed by atoms with van der Waals surface area (Å²) in [5.74, 6) is 0.228. The molecule has 4 atom stereocenters. The van der Waals surface area contributed by atoms with Crippen molar-refractivity contribution < 1.29 is 19.8 Å². The zero-order chi connectivity index (χ0) is 15.7. The van der Waals surface area contributed by atoms with Crippen LogP contribution < -0.4 is 5.73 Å². The van der Waals surface area contributed by atoms with Gasteiger partial charge in [0.25, 0.3) is 0 Å². The Balaban J connectivity index is 1.89. The first-order valence-electron chi connectivity index (χ1n) is 6.73. The van der Waals surface area contributed by atoms with Crippen LogP contribution in [0.3, 0.4) is 0 Å². The normalized spacial score (nSPS) is 28.7. The maximum absolute atomic E-state index is 10.2. The molecule has 0 bridgehead atoms. The van der Waals surface area contributed by atoms with Crippen LogP contribution >= 0.6 is 0 Å². The molecule has 1 fully saturated rings. The largest absolute Gasteiger partial charge is 0.396 e. The number of nitrogens with zero attached hydrogens (tertiary/aromatic N) is 5. The van der Waals surface area contributed by atoms with Gasteiger partial charge in [0.1, 0.15) is 36.8 Å². The molecule has 22 heavy (non-hydrogen) atoms. The first-order chi connectivity index (χ1) is 10.6. The highest BCUT2D eigenvalue weighted by Gasteiger charge is 2.43. The lowest BCUT2D eigenvalue weighted by Crippen LogP contribution is -2.32. The highest BCUT2D eigenvalue weighted by molar-refractivity contribution is 5.81. The molecule has 2 aromatic rings. The van der Waals surface area contributed by atoms with E-state index in [1.807, 2.05) is 0 Å². The van der Waals surface area contributed by atoms with Crippen molar-refractivity contribution in [2.45, 2.75) is 31.5 Å². The number of anilines is 1. The molecule has 10 heteroatoms. The van der Waals surface area contributed by atoms with Crippen LogP contribution in [-0.4, -0.2) is 60.9 Å². The summed E-state index contributed by atoms with van der Waals surface area (Å²) in [7, 11) is 0. The van der Waals surface area contributed by atoms with Crippen LogP contribution in [0.15, 0.2) is 17.8 Å². The smallest absolute Gasteiger partial charge is 0.167 e. The maximum Gasteiger partial charge on any atom is 0.167 e. The number of hydrogen-bond donors (Lipinski definition) is 3. The highest BCUT2D eigenvalue weighted by Crippen LogP contribution is 2.31. The molecule has 118 valence electrons. The van der Waals surface area contributed by atoms with Crippen molar-refractivity contribution in [1.82, 2.24) is 19.5 Å². The second-order valence-corrected chi connectivity index (χ2v) is 4.73. The molecule has 3 heterocycles. The third-order valence-corrected chi connectivity index (χ3v) is 3.35. The van der Waals surface area contributed by atoms with Crippen LogP contribution in [0.25, 0.3) is 11.2 Å². The molecule has 4 unspecified atom stereocenters. The van der Waals surface area contributed by atoms with Crippen molar-refractivity contribution in [2.75, 3.05) is 12.3 Å². The maximum atomic E-state index is 10.2. The number of fused-ring (bicyclic) bond motifs is 1. The molecule has 0 saturated carbocycles. The van der Waals surface area contributed by atoms with E-state index in [-0.39, 0.29) is 5.82 Å². The molecule has 0 spiro atoms. The Morgan fingerprint density at radius 3 is 3.00 bits per heavy atom. The van der Waals surface area contributed by atoms with E-state index in [4.69, 9.17) is 15.3 Å². The fraction of sp³-hybridized carbons (Fsp3) is 0.500. The van der Waals surface area contributed by atoms with Crippen molar-refractivity contribution in [3.8, 4) is 0 Å². The van der Waals surface area contributed by atoms with E-state index in [1.54, 1.807) is 6.92 Å². The Morgan fingerprint density at radius 1 is 1.41 bits per heavy atom. The van der Waals surface area contributed by atoms with Crippen molar-refractivity contribution in [2.24, 2.45) is 5.16 Å². The minimum absolute atomic E-state index is 0.228. The number of nitrogens with two attached hydrogens (primary N) is 1. The molecule has 0 aromatic carbocycles. The number of nitrogen functional groups attached to an aromatic ring is 1. The number of aromatic nitrogens is 4. The first kappa shape index (κ1) is 14.6.